The summed E-state index contributed by atoms with van der Waals surface area (Å²) in [5.41, 5.74) is 0.773. The lowest BCUT2D eigenvalue weighted by Crippen LogP contribution is -2.52. The van der Waals surface area contributed by atoms with Gasteiger partial charge in [-0.1, -0.05) is 71.7 Å². The molecule has 0 spiro atoms. The van der Waals surface area contributed by atoms with Crippen molar-refractivity contribution in [3.8, 4) is 0 Å². The van der Waals surface area contributed by atoms with Crippen LogP contribution < -0.4 is 9.62 Å². The normalized spacial score (nSPS) is 12.2. The zero-order chi connectivity index (χ0) is 27.2. The number of sulfonamides is 1. The summed E-state index contributed by atoms with van der Waals surface area (Å²) in [6.07, 6.45) is 0. The molecule has 0 heterocycles. The van der Waals surface area contributed by atoms with E-state index in [-0.39, 0.29) is 34.1 Å². The number of amides is 2. The fourth-order valence-electron chi connectivity index (χ4n) is 3.68. The van der Waals surface area contributed by atoms with Crippen LogP contribution in [0.5, 0.6) is 0 Å². The Hall–Kier alpha value is -3.07. The van der Waals surface area contributed by atoms with E-state index in [9.17, 15) is 18.0 Å². The minimum Gasteiger partial charge on any atom is -0.352 e. The maximum Gasteiger partial charge on any atom is 0.264 e. The first-order chi connectivity index (χ1) is 17.5. The molecule has 0 fully saturated rings. The van der Waals surface area contributed by atoms with Crippen LogP contribution in [0.3, 0.4) is 0 Å². The van der Waals surface area contributed by atoms with E-state index in [1.54, 1.807) is 67.6 Å². The number of hydrogen-bond acceptors (Lipinski definition) is 4. The van der Waals surface area contributed by atoms with E-state index in [1.165, 1.54) is 23.1 Å². The second kappa shape index (κ2) is 12.4. The molecule has 196 valence electrons. The molecule has 10 heteroatoms. The van der Waals surface area contributed by atoms with Crippen molar-refractivity contribution in [3.05, 3.63) is 94.5 Å². The smallest absolute Gasteiger partial charge is 0.264 e. The van der Waals surface area contributed by atoms with Crippen LogP contribution in [0.1, 0.15) is 26.3 Å². The Labute approximate surface area is 228 Å². The molecule has 0 bridgehead atoms. The zero-order valence-electron chi connectivity index (χ0n) is 20.8. The van der Waals surface area contributed by atoms with Crippen molar-refractivity contribution in [1.82, 2.24) is 10.2 Å². The summed E-state index contributed by atoms with van der Waals surface area (Å²) in [6, 6.07) is 20.1. The average molecular weight is 563 g/mol. The number of carbonyl (C=O) groups is 2. The van der Waals surface area contributed by atoms with Gasteiger partial charge in [0.05, 0.1) is 15.6 Å². The van der Waals surface area contributed by atoms with Gasteiger partial charge in [0.1, 0.15) is 12.6 Å². The summed E-state index contributed by atoms with van der Waals surface area (Å²) in [5, 5.41) is 3.40. The van der Waals surface area contributed by atoms with E-state index < -0.39 is 28.5 Å². The third-order valence-corrected chi connectivity index (χ3v) is 8.09. The van der Waals surface area contributed by atoms with E-state index in [0.717, 1.165) is 4.31 Å². The molecule has 3 aromatic rings. The van der Waals surface area contributed by atoms with Crippen LogP contribution in [-0.2, 0) is 26.2 Å². The SMILES string of the molecule is CC(C)NC(=O)[C@H](C)N(Cc1ccccc1Cl)C(=O)CN(c1ccccc1Cl)S(=O)(=O)c1ccccc1. The van der Waals surface area contributed by atoms with Crippen LogP contribution >= 0.6 is 23.2 Å². The fraction of sp³-hybridized carbons (Fsp3) is 0.259. The van der Waals surface area contributed by atoms with Crippen molar-refractivity contribution in [2.45, 2.75) is 44.3 Å². The summed E-state index contributed by atoms with van der Waals surface area (Å²) < 4.78 is 28.4. The molecule has 3 aromatic carbocycles. The minimum atomic E-state index is -4.18. The molecule has 1 N–H and O–H groups in total. The van der Waals surface area contributed by atoms with Gasteiger partial charge in [-0.3, -0.25) is 13.9 Å². The topological polar surface area (TPSA) is 86.8 Å². The van der Waals surface area contributed by atoms with E-state index in [2.05, 4.69) is 5.32 Å². The molecule has 0 aliphatic carbocycles. The van der Waals surface area contributed by atoms with Gasteiger partial charge in [-0.2, -0.15) is 0 Å². The van der Waals surface area contributed by atoms with Crippen LogP contribution in [0.2, 0.25) is 10.0 Å². The van der Waals surface area contributed by atoms with E-state index >= 15 is 0 Å². The number of carbonyl (C=O) groups excluding carboxylic acids is 2. The van der Waals surface area contributed by atoms with Crippen molar-refractivity contribution in [2.24, 2.45) is 0 Å². The predicted molar refractivity (Wildman–Crippen MR) is 147 cm³/mol. The van der Waals surface area contributed by atoms with Crippen LogP contribution in [-0.4, -0.2) is 43.8 Å². The molecular weight excluding hydrogens is 533 g/mol. The first-order valence-electron chi connectivity index (χ1n) is 11.7. The van der Waals surface area contributed by atoms with E-state index in [1.807, 2.05) is 13.8 Å². The molecule has 0 aliphatic rings. The number of halogens is 2. The second-order valence-electron chi connectivity index (χ2n) is 8.73. The first-order valence-corrected chi connectivity index (χ1v) is 13.9. The van der Waals surface area contributed by atoms with Crippen molar-refractivity contribution >= 4 is 50.7 Å². The Morgan fingerprint density at radius 1 is 0.838 bits per heavy atom. The Balaban J connectivity index is 2.04. The van der Waals surface area contributed by atoms with E-state index in [4.69, 9.17) is 23.2 Å². The summed E-state index contributed by atoms with van der Waals surface area (Å²) in [4.78, 5) is 28.1. The van der Waals surface area contributed by atoms with Gasteiger partial charge in [0, 0.05) is 17.6 Å². The molecular formula is C27H29Cl2N3O4S. The molecule has 3 rings (SSSR count). The number of nitrogens with one attached hydrogen (secondary N) is 1. The number of hydrogen-bond donors (Lipinski definition) is 1. The van der Waals surface area contributed by atoms with E-state index in [0.29, 0.717) is 10.6 Å². The number of benzene rings is 3. The fourth-order valence-corrected chi connectivity index (χ4v) is 5.62. The maximum atomic E-state index is 13.8. The largest absolute Gasteiger partial charge is 0.352 e. The van der Waals surface area contributed by atoms with Gasteiger partial charge in [-0.15, -0.1) is 0 Å². The number of para-hydroxylation sites is 1. The molecule has 0 aromatic heterocycles. The lowest BCUT2D eigenvalue weighted by atomic mass is 10.1. The molecule has 0 radical (unpaired) electrons. The Bertz CT molecular complexity index is 1350. The standard InChI is InChI=1S/C27H29Cl2N3O4S/c1-19(2)30-27(34)20(3)31(17-21-11-7-8-14-23(21)28)26(33)18-32(25-16-10-9-15-24(25)29)37(35,36)22-12-5-4-6-13-22/h4-16,19-20H,17-18H2,1-3H3,(H,30,34)/t20-/m0/s1. The third-order valence-electron chi connectivity index (χ3n) is 5.63. The number of rotatable bonds is 10. The molecule has 7 nitrogen and oxygen atoms in total. The summed E-state index contributed by atoms with van der Waals surface area (Å²) >= 11 is 12.7. The van der Waals surface area contributed by atoms with Crippen molar-refractivity contribution in [1.29, 1.82) is 0 Å². The minimum absolute atomic E-state index is 0.00553. The highest BCUT2D eigenvalue weighted by atomic mass is 35.5. The quantitative estimate of drug-likeness (QED) is 0.371. The lowest BCUT2D eigenvalue weighted by Gasteiger charge is -2.32. The van der Waals surface area contributed by atoms with Gasteiger partial charge < -0.3 is 10.2 Å². The van der Waals surface area contributed by atoms with Crippen LogP contribution in [0.25, 0.3) is 0 Å². The molecule has 0 saturated heterocycles. The van der Waals surface area contributed by atoms with Gasteiger partial charge in [0.2, 0.25) is 11.8 Å². The molecule has 2 amide bonds. The highest BCUT2D eigenvalue weighted by Gasteiger charge is 2.33. The van der Waals surface area contributed by atoms with Gasteiger partial charge in [-0.25, -0.2) is 8.42 Å². The van der Waals surface area contributed by atoms with Gasteiger partial charge in [0.15, 0.2) is 0 Å². The predicted octanol–water partition coefficient (Wildman–Crippen LogP) is 5.13. The molecule has 0 aliphatic heterocycles. The Morgan fingerprint density at radius 2 is 1.41 bits per heavy atom. The average Bonchev–Trinajstić information content (AvgIpc) is 2.87. The zero-order valence-corrected chi connectivity index (χ0v) is 23.1. The van der Waals surface area contributed by atoms with Crippen LogP contribution in [0.15, 0.2) is 83.8 Å². The molecule has 1 atom stereocenters. The molecule has 37 heavy (non-hydrogen) atoms. The van der Waals surface area contributed by atoms with Gasteiger partial charge in [0.25, 0.3) is 10.0 Å². The Morgan fingerprint density at radius 3 is 2.00 bits per heavy atom. The number of anilines is 1. The third kappa shape index (κ3) is 7.03. The highest BCUT2D eigenvalue weighted by Crippen LogP contribution is 2.31. The highest BCUT2D eigenvalue weighted by molar-refractivity contribution is 7.92. The molecule has 0 saturated carbocycles. The monoisotopic (exact) mass is 561 g/mol. The summed E-state index contributed by atoms with van der Waals surface area (Å²) in [7, 11) is -4.18. The van der Waals surface area contributed by atoms with Gasteiger partial charge in [-0.05, 0) is 56.7 Å². The van der Waals surface area contributed by atoms with Gasteiger partial charge >= 0.3 is 0 Å². The lowest BCUT2D eigenvalue weighted by molar-refractivity contribution is -0.139. The maximum absolute atomic E-state index is 13.8. The summed E-state index contributed by atoms with van der Waals surface area (Å²) in [5.74, 6) is -0.962. The van der Waals surface area contributed by atoms with Crippen molar-refractivity contribution in [3.63, 3.8) is 0 Å². The number of nitrogens with zero attached hydrogens (tertiary/aromatic N) is 2. The second-order valence-corrected chi connectivity index (χ2v) is 11.4. The van der Waals surface area contributed by atoms with Crippen LogP contribution in [0, 0.1) is 0 Å². The molecule has 0 unspecified atom stereocenters. The van der Waals surface area contributed by atoms with Crippen LogP contribution in [0.4, 0.5) is 5.69 Å². The van der Waals surface area contributed by atoms with Crippen molar-refractivity contribution < 1.29 is 18.0 Å². The van der Waals surface area contributed by atoms with Crippen molar-refractivity contribution in [2.75, 3.05) is 10.8 Å². The summed E-state index contributed by atoms with van der Waals surface area (Å²) in [6.45, 7) is 4.66. The first kappa shape index (κ1) is 28.5. The Kier molecular flexibility index (Phi) is 9.59.